The Morgan fingerprint density at radius 3 is 2.32 bits per heavy atom. The van der Waals surface area contributed by atoms with Gasteiger partial charge in [-0.15, -0.1) is 0 Å². The predicted octanol–water partition coefficient (Wildman–Crippen LogP) is 1.46. The summed E-state index contributed by atoms with van der Waals surface area (Å²) in [6.07, 6.45) is 0. The second-order valence-electron chi connectivity index (χ2n) is 5.02. The Bertz CT molecular complexity index is 520. The van der Waals surface area contributed by atoms with Gasteiger partial charge in [-0.25, -0.2) is 8.42 Å². The van der Waals surface area contributed by atoms with Crippen LogP contribution in [0.4, 0.5) is 0 Å². The molecule has 1 heterocycles. The summed E-state index contributed by atoms with van der Waals surface area (Å²) in [5.41, 5.74) is 1.94. The lowest BCUT2D eigenvalue weighted by Gasteiger charge is -2.33. The van der Waals surface area contributed by atoms with Gasteiger partial charge in [-0.05, 0) is 24.6 Å². The molecule has 0 N–H and O–H groups in total. The number of likely N-dealkylation sites (N-methyl/N-ethyl adjacent to an activating group) is 1. The summed E-state index contributed by atoms with van der Waals surface area (Å²) in [5.74, 6) is 0.117. The largest absolute Gasteiger partial charge is 0.301 e. The highest BCUT2D eigenvalue weighted by Gasteiger charge is 2.26. The second-order valence-corrected chi connectivity index (χ2v) is 6.98. The Morgan fingerprint density at radius 1 is 1.11 bits per heavy atom. The maximum absolute atomic E-state index is 12.4. The first-order valence-electron chi connectivity index (χ1n) is 6.77. The Hall–Kier alpha value is -0.910. The summed E-state index contributed by atoms with van der Waals surface area (Å²) in [5, 5.41) is 0. The van der Waals surface area contributed by atoms with Crippen LogP contribution >= 0.6 is 0 Å². The number of hydrogen-bond donors (Lipinski definition) is 0. The zero-order valence-corrected chi connectivity index (χ0v) is 12.5. The van der Waals surface area contributed by atoms with Gasteiger partial charge in [0, 0.05) is 26.2 Å². The van der Waals surface area contributed by atoms with Crippen LogP contribution in [0.25, 0.3) is 0 Å². The van der Waals surface area contributed by atoms with E-state index in [1.54, 1.807) is 4.31 Å². The monoisotopic (exact) mass is 282 g/mol. The van der Waals surface area contributed by atoms with Gasteiger partial charge in [-0.1, -0.05) is 31.2 Å². The van der Waals surface area contributed by atoms with Crippen LogP contribution in [0.5, 0.6) is 0 Å². The quantitative estimate of drug-likeness (QED) is 0.839. The molecule has 0 aromatic heterocycles. The number of hydrogen-bond acceptors (Lipinski definition) is 3. The van der Waals surface area contributed by atoms with Crippen molar-refractivity contribution in [2.24, 2.45) is 0 Å². The lowest BCUT2D eigenvalue weighted by atomic mass is 10.1. The van der Waals surface area contributed by atoms with Gasteiger partial charge in [0.1, 0.15) is 0 Å². The highest BCUT2D eigenvalue weighted by atomic mass is 32.2. The molecule has 106 valence electrons. The van der Waals surface area contributed by atoms with Crippen molar-refractivity contribution in [3.8, 4) is 0 Å². The van der Waals surface area contributed by atoms with E-state index in [1.807, 2.05) is 31.2 Å². The van der Waals surface area contributed by atoms with E-state index < -0.39 is 10.0 Å². The Labute approximate surface area is 116 Å². The van der Waals surface area contributed by atoms with E-state index in [9.17, 15) is 8.42 Å². The van der Waals surface area contributed by atoms with Gasteiger partial charge in [0.2, 0.25) is 10.0 Å². The van der Waals surface area contributed by atoms with Crippen LogP contribution in [0, 0.1) is 6.92 Å². The number of sulfonamides is 1. The molecule has 0 aliphatic carbocycles. The first kappa shape index (κ1) is 14.5. The fourth-order valence-electron chi connectivity index (χ4n) is 2.38. The van der Waals surface area contributed by atoms with Crippen LogP contribution in [-0.2, 0) is 15.8 Å². The van der Waals surface area contributed by atoms with E-state index >= 15 is 0 Å². The lowest BCUT2D eigenvalue weighted by Crippen LogP contribution is -2.48. The molecule has 0 spiro atoms. The van der Waals surface area contributed by atoms with Crippen molar-refractivity contribution in [3.63, 3.8) is 0 Å². The predicted molar refractivity (Wildman–Crippen MR) is 77.5 cm³/mol. The van der Waals surface area contributed by atoms with Gasteiger partial charge >= 0.3 is 0 Å². The summed E-state index contributed by atoms with van der Waals surface area (Å²) in [6.45, 7) is 7.96. The van der Waals surface area contributed by atoms with Crippen LogP contribution in [-0.4, -0.2) is 50.3 Å². The van der Waals surface area contributed by atoms with E-state index in [0.717, 1.165) is 30.8 Å². The zero-order chi connectivity index (χ0) is 13.9. The number of benzene rings is 1. The van der Waals surface area contributed by atoms with Gasteiger partial charge in [0.25, 0.3) is 0 Å². The molecular formula is C14H22N2O2S. The minimum absolute atomic E-state index is 0.117. The minimum Gasteiger partial charge on any atom is -0.301 e. The molecule has 1 aromatic rings. The van der Waals surface area contributed by atoms with E-state index in [4.69, 9.17) is 0 Å². The summed E-state index contributed by atoms with van der Waals surface area (Å²) in [7, 11) is -3.18. The van der Waals surface area contributed by atoms with Crippen LogP contribution < -0.4 is 0 Å². The van der Waals surface area contributed by atoms with Crippen molar-refractivity contribution < 1.29 is 8.42 Å². The molecular weight excluding hydrogens is 260 g/mol. The molecule has 0 atom stereocenters. The number of rotatable bonds is 4. The molecule has 1 saturated heterocycles. The normalized spacial score (nSPS) is 18.6. The molecule has 5 heteroatoms. The molecule has 2 rings (SSSR count). The average molecular weight is 282 g/mol. The van der Waals surface area contributed by atoms with Crippen LogP contribution in [0.2, 0.25) is 0 Å². The number of piperazine rings is 1. The molecule has 0 saturated carbocycles. The van der Waals surface area contributed by atoms with E-state index in [2.05, 4.69) is 11.8 Å². The Kier molecular flexibility index (Phi) is 4.60. The van der Waals surface area contributed by atoms with Gasteiger partial charge < -0.3 is 4.90 Å². The summed E-state index contributed by atoms with van der Waals surface area (Å²) in [4.78, 5) is 2.28. The standard InChI is InChI=1S/C14H22N2O2S/c1-3-15-8-10-16(11-9-15)19(17,18)12-14-7-5-4-6-13(14)2/h4-7H,3,8-12H2,1-2H3. The fourth-order valence-corrected chi connectivity index (χ4v) is 4.00. The van der Waals surface area contributed by atoms with E-state index in [-0.39, 0.29) is 5.75 Å². The zero-order valence-electron chi connectivity index (χ0n) is 11.7. The molecule has 0 amide bonds. The molecule has 0 bridgehead atoms. The molecule has 19 heavy (non-hydrogen) atoms. The Balaban J connectivity index is 2.05. The molecule has 0 unspecified atom stereocenters. The lowest BCUT2D eigenvalue weighted by molar-refractivity contribution is 0.196. The smallest absolute Gasteiger partial charge is 0.218 e. The number of aryl methyl sites for hydroxylation is 1. The average Bonchev–Trinajstić information content (AvgIpc) is 2.41. The van der Waals surface area contributed by atoms with Gasteiger partial charge in [-0.3, -0.25) is 0 Å². The van der Waals surface area contributed by atoms with Crippen LogP contribution in [0.15, 0.2) is 24.3 Å². The molecule has 1 aliphatic heterocycles. The van der Waals surface area contributed by atoms with Crippen molar-refractivity contribution in [1.29, 1.82) is 0 Å². The summed E-state index contributed by atoms with van der Waals surface area (Å²) in [6, 6.07) is 7.69. The van der Waals surface area contributed by atoms with Crippen LogP contribution in [0.3, 0.4) is 0 Å². The third-order valence-electron chi connectivity index (χ3n) is 3.77. The summed E-state index contributed by atoms with van der Waals surface area (Å²) >= 11 is 0. The van der Waals surface area contributed by atoms with Crippen molar-refractivity contribution in [2.45, 2.75) is 19.6 Å². The highest BCUT2D eigenvalue weighted by Crippen LogP contribution is 2.16. The second kappa shape index (κ2) is 6.03. The third-order valence-corrected chi connectivity index (χ3v) is 5.60. The molecule has 1 fully saturated rings. The first-order valence-corrected chi connectivity index (χ1v) is 8.38. The first-order chi connectivity index (χ1) is 9.03. The SMILES string of the molecule is CCN1CCN(S(=O)(=O)Cc2ccccc2C)CC1. The Morgan fingerprint density at radius 2 is 1.74 bits per heavy atom. The van der Waals surface area contributed by atoms with Gasteiger partial charge in [-0.2, -0.15) is 4.31 Å². The topological polar surface area (TPSA) is 40.6 Å². The maximum atomic E-state index is 12.4. The third kappa shape index (κ3) is 3.55. The van der Waals surface area contributed by atoms with Crippen molar-refractivity contribution in [3.05, 3.63) is 35.4 Å². The minimum atomic E-state index is -3.18. The van der Waals surface area contributed by atoms with Crippen molar-refractivity contribution >= 4 is 10.0 Å². The highest BCUT2D eigenvalue weighted by molar-refractivity contribution is 7.88. The summed E-state index contributed by atoms with van der Waals surface area (Å²) < 4.78 is 26.4. The fraction of sp³-hybridized carbons (Fsp3) is 0.571. The maximum Gasteiger partial charge on any atom is 0.218 e. The number of nitrogens with zero attached hydrogens (tertiary/aromatic N) is 2. The van der Waals surface area contributed by atoms with Gasteiger partial charge in [0.15, 0.2) is 0 Å². The molecule has 1 aromatic carbocycles. The van der Waals surface area contributed by atoms with Crippen molar-refractivity contribution in [1.82, 2.24) is 9.21 Å². The van der Waals surface area contributed by atoms with E-state index in [0.29, 0.717) is 13.1 Å². The molecule has 1 aliphatic rings. The van der Waals surface area contributed by atoms with E-state index in [1.165, 1.54) is 0 Å². The molecule has 4 nitrogen and oxygen atoms in total. The molecule has 0 radical (unpaired) electrons. The van der Waals surface area contributed by atoms with Crippen LogP contribution in [0.1, 0.15) is 18.1 Å². The van der Waals surface area contributed by atoms with Gasteiger partial charge in [0.05, 0.1) is 5.75 Å². The van der Waals surface area contributed by atoms with Crippen molar-refractivity contribution in [2.75, 3.05) is 32.7 Å².